The van der Waals surface area contributed by atoms with Crippen molar-refractivity contribution in [3.63, 3.8) is 0 Å². The van der Waals surface area contributed by atoms with E-state index in [0.29, 0.717) is 21.8 Å². The third-order valence-electron chi connectivity index (χ3n) is 2.93. The molecule has 0 saturated carbocycles. The molecule has 0 fully saturated rings. The number of nitrogens with one attached hydrogen (secondary N) is 1. The second-order valence-corrected chi connectivity index (χ2v) is 9.77. The Morgan fingerprint density at radius 1 is 1.43 bits per heavy atom. The molecule has 0 aliphatic heterocycles. The summed E-state index contributed by atoms with van der Waals surface area (Å²) in [5.41, 5.74) is 1.00. The lowest BCUT2D eigenvalue weighted by molar-refractivity contribution is 0.467. The average molecular weight is 409 g/mol. The third kappa shape index (κ3) is 4.14. The minimum absolute atomic E-state index is 0.345. The molecule has 0 aliphatic carbocycles. The fourth-order valence-corrected chi connectivity index (χ4v) is 6.22. The maximum Gasteiger partial charge on any atom is 0.245 e. The van der Waals surface area contributed by atoms with Crippen molar-refractivity contribution in [1.82, 2.24) is 9.62 Å². The molecule has 116 valence electrons. The molecule has 2 aromatic heterocycles. The molecule has 2 aromatic rings. The van der Waals surface area contributed by atoms with Crippen molar-refractivity contribution >= 4 is 48.6 Å². The predicted octanol–water partition coefficient (Wildman–Crippen LogP) is 3.50. The van der Waals surface area contributed by atoms with Crippen LogP contribution in [0.3, 0.4) is 0 Å². The maximum absolute atomic E-state index is 12.7. The number of hydrogen-bond donors (Lipinski definition) is 1. The summed E-state index contributed by atoms with van der Waals surface area (Å²) in [4.78, 5) is 1.35. The van der Waals surface area contributed by atoms with Crippen molar-refractivity contribution in [3.8, 4) is 0 Å². The van der Waals surface area contributed by atoms with E-state index in [1.165, 1.54) is 15.6 Å². The van der Waals surface area contributed by atoms with E-state index in [4.69, 9.17) is 0 Å². The fraction of sp³-hybridized carbons (Fsp3) is 0.385. The van der Waals surface area contributed by atoms with Crippen LogP contribution in [0.5, 0.6) is 0 Å². The van der Waals surface area contributed by atoms with Crippen LogP contribution in [-0.2, 0) is 23.1 Å². The molecule has 0 radical (unpaired) electrons. The van der Waals surface area contributed by atoms with Crippen LogP contribution in [0.4, 0.5) is 0 Å². The maximum atomic E-state index is 12.7. The zero-order valence-electron chi connectivity index (χ0n) is 11.8. The fourth-order valence-electron chi connectivity index (χ4n) is 1.80. The summed E-state index contributed by atoms with van der Waals surface area (Å²) in [5, 5.41) is 7.12. The zero-order valence-corrected chi connectivity index (χ0v) is 15.8. The summed E-state index contributed by atoms with van der Waals surface area (Å²) in [6.45, 7) is 3.95. The van der Waals surface area contributed by atoms with Gasteiger partial charge >= 0.3 is 0 Å². The van der Waals surface area contributed by atoms with Gasteiger partial charge in [-0.15, -0.1) is 11.3 Å². The van der Waals surface area contributed by atoms with Crippen LogP contribution in [0.2, 0.25) is 0 Å². The Morgan fingerprint density at radius 2 is 2.19 bits per heavy atom. The normalized spacial score (nSPS) is 12.2. The first kappa shape index (κ1) is 17.1. The van der Waals surface area contributed by atoms with Crippen molar-refractivity contribution in [2.24, 2.45) is 0 Å². The van der Waals surface area contributed by atoms with Crippen LogP contribution in [0.1, 0.15) is 17.4 Å². The minimum atomic E-state index is -3.48. The highest BCUT2D eigenvalue weighted by Crippen LogP contribution is 2.33. The molecule has 8 heteroatoms. The first-order valence-corrected chi connectivity index (χ1v) is 10.4. The molecular weight excluding hydrogens is 392 g/mol. The number of hydrogen-bond acceptors (Lipinski definition) is 5. The molecule has 0 unspecified atom stereocenters. The van der Waals surface area contributed by atoms with Crippen LogP contribution < -0.4 is 5.32 Å². The van der Waals surface area contributed by atoms with E-state index in [1.54, 1.807) is 24.5 Å². The van der Waals surface area contributed by atoms with Gasteiger partial charge in [0.25, 0.3) is 0 Å². The molecule has 2 heterocycles. The number of rotatable bonds is 7. The highest BCUT2D eigenvalue weighted by Gasteiger charge is 2.25. The molecule has 4 nitrogen and oxygen atoms in total. The molecule has 0 aliphatic rings. The van der Waals surface area contributed by atoms with Gasteiger partial charge in [0.05, 0.1) is 3.79 Å². The van der Waals surface area contributed by atoms with Gasteiger partial charge < -0.3 is 5.32 Å². The van der Waals surface area contributed by atoms with E-state index in [9.17, 15) is 8.42 Å². The van der Waals surface area contributed by atoms with Crippen molar-refractivity contribution in [2.45, 2.75) is 24.9 Å². The van der Waals surface area contributed by atoms with Crippen LogP contribution in [-0.4, -0.2) is 26.3 Å². The lowest BCUT2D eigenvalue weighted by Crippen LogP contribution is -2.26. The quantitative estimate of drug-likeness (QED) is 0.762. The Balaban J connectivity index is 2.20. The van der Waals surface area contributed by atoms with Gasteiger partial charge in [-0.3, -0.25) is 0 Å². The minimum Gasteiger partial charge on any atom is -0.312 e. The van der Waals surface area contributed by atoms with Gasteiger partial charge in [0.1, 0.15) is 4.90 Å². The van der Waals surface area contributed by atoms with Gasteiger partial charge in [0.15, 0.2) is 0 Å². The summed E-state index contributed by atoms with van der Waals surface area (Å²) >= 11 is 6.40. The summed E-state index contributed by atoms with van der Waals surface area (Å²) in [6, 6.07) is 3.69. The number of nitrogens with zero attached hydrogens (tertiary/aromatic N) is 1. The molecule has 0 aromatic carbocycles. The largest absolute Gasteiger partial charge is 0.312 e. The smallest absolute Gasteiger partial charge is 0.245 e. The third-order valence-corrected chi connectivity index (χ3v) is 7.72. The van der Waals surface area contributed by atoms with E-state index in [2.05, 4.69) is 21.2 Å². The van der Waals surface area contributed by atoms with E-state index in [-0.39, 0.29) is 0 Å². The molecule has 21 heavy (non-hydrogen) atoms. The highest BCUT2D eigenvalue weighted by atomic mass is 79.9. The summed E-state index contributed by atoms with van der Waals surface area (Å²) < 4.78 is 27.4. The van der Waals surface area contributed by atoms with Crippen LogP contribution in [0.25, 0.3) is 0 Å². The van der Waals surface area contributed by atoms with Crippen molar-refractivity contribution in [3.05, 3.63) is 37.1 Å². The highest BCUT2D eigenvalue weighted by molar-refractivity contribution is 9.11. The molecule has 0 amide bonds. The lowest BCUT2D eigenvalue weighted by Gasteiger charge is -2.15. The Hall–Kier alpha value is -0.250. The zero-order chi connectivity index (χ0) is 15.5. The first-order valence-electron chi connectivity index (χ1n) is 6.41. The van der Waals surface area contributed by atoms with Crippen molar-refractivity contribution in [2.75, 3.05) is 13.6 Å². The molecule has 0 saturated heterocycles. The van der Waals surface area contributed by atoms with Crippen LogP contribution in [0, 0.1) is 0 Å². The van der Waals surface area contributed by atoms with Gasteiger partial charge in [0.2, 0.25) is 10.0 Å². The van der Waals surface area contributed by atoms with Gasteiger partial charge in [0, 0.05) is 25.0 Å². The predicted molar refractivity (Wildman–Crippen MR) is 92.4 cm³/mol. The molecule has 1 N–H and O–H groups in total. The molecule has 0 spiro atoms. The monoisotopic (exact) mass is 408 g/mol. The van der Waals surface area contributed by atoms with Crippen molar-refractivity contribution in [1.29, 1.82) is 0 Å². The molecular formula is C13H17BrN2O2S3. The lowest BCUT2D eigenvalue weighted by atomic mass is 10.3. The van der Waals surface area contributed by atoms with Crippen LogP contribution in [0.15, 0.2) is 31.6 Å². The Kier molecular flexibility index (Phi) is 5.98. The Morgan fingerprint density at radius 3 is 2.81 bits per heavy atom. The van der Waals surface area contributed by atoms with Gasteiger partial charge in [-0.2, -0.15) is 15.6 Å². The van der Waals surface area contributed by atoms with E-state index >= 15 is 0 Å². The summed E-state index contributed by atoms with van der Waals surface area (Å²) in [6.07, 6.45) is 0. The number of sulfonamides is 1. The molecule has 0 bridgehead atoms. The topological polar surface area (TPSA) is 49.4 Å². The van der Waals surface area contributed by atoms with E-state index in [1.807, 2.05) is 23.8 Å². The SMILES string of the molecule is CCNCc1cc(S(=O)(=O)N(C)Cc2ccsc2)c(Br)s1. The molecule has 0 atom stereocenters. The van der Waals surface area contributed by atoms with Gasteiger partial charge in [-0.05, 0) is 50.9 Å². The Bertz CT molecular complexity index is 680. The van der Waals surface area contributed by atoms with Crippen LogP contribution >= 0.6 is 38.6 Å². The van der Waals surface area contributed by atoms with Crippen molar-refractivity contribution < 1.29 is 8.42 Å². The number of halogens is 1. The summed E-state index contributed by atoms with van der Waals surface area (Å²) in [7, 11) is -1.86. The standard InChI is InChI=1S/C13H17BrN2O2S3/c1-3-15-7-11-6-12(13(14)20-11)21(17,18)16(2)8-10-4-5-19-9-10/h4-6,9,15H,3,7-8H2,1-2H3. The number of thiophene rings is 2. The van der Waals surface area contributed by atoms with Gasteiger partial charge in [-0.1, -0.05) is 6.92 Å². The van der Waals surface area contributed by atoms with Gasteiger partial charge in [-0.25, -0.2) is 8.42 Å². The van der Waals surface area contributed by atoms with E-state index in [0.717, 1.165) is 17.0 Å². The summed E-state index contributed by atoms with van der Waals surface area (Å²) in [5.74, 6) is 0. The second-order valence-electron chi connectivity index (χ2n) is 4.52. The first-order chi connectivity index (χ1) is 9.95. The molecule has 2 rings (SSSR count). The average Bonchev–Trinajstić information content (AvgIpc) is 3.06. The Labute approximate surface area is 142 Å². The second kappa shape index (κ2) is 7.34. The van der Waals surface area contributed by atoms with E-state index < -0.39 is 10.0 Å².